The molecule has 0 heterocycles. The Morgan fingerprint density at radius 1 is 0.941 bits per heavy atom. The van der Waals surface area contributed by atoms with E-state index in [4.69, 9.17) is 5.73 Å². The second kappa shape index (κ2) is 4.01. The van der Waals surface area contributed by atoms with E-state index in [2.05, 4.69) is 60.7 Å². The molecule has 0 saturated heterocycles. The van der Waals surface area contributed by atoms with Crippen LogP contribution in [0.15, 0.2) is 60.7 Å². The van der Waals surface area contributed by atoms with Crippen molar-refractivity contribution in [3.8, 4) is 0 Å². The second-order valence-electron chi connectivity index (χ2n) is 5.00. The summed E-state index contributed by atoms with van der Waals surface area (Å²) in [4.78, 5) is 0. The van der Waals surface area contributed by atoms with E-state index in [0.29, 0.717) is 6.04 Å². The van der Waals surface area contributed by atoms with Crippen LogP contribution in [0.5, 0.6) is 0 Å². The molecule has 3 rings (SSSR count). The molecule has 0 aromatic heterocycles. The van der Waals surface area contributed by atoms with Gasteiger partial charge in [-0.05, 0) is 24.0 Å². The topological polar surface area (TPSA) is 26.0 Å². The van der Waals surface area contributed by atoms with Gasteiger partial charge in [-0.1, -0.05) is 60.7 Å². The Balaban J connectivity index is 1.90. The van der Waals surface area contributed by atoms with E-state index in [1.807, 2.05) is 0 Å². The molecule has 1 heteroatoms. The van der Waals surface area contributed by atoms with Gasteiger partial charge in [-0.2, -0.15) is 0 Å². The van der Waals surface area contributed by atoms with Crippen molar-refractivity contribution >= 4 is 0 Å². The van der Waals surface area contributed by atoms with Gasteiger partial charge in [-0.15, -0.1) is 0 Å². The highest BCUT2D eigenvalue weighted by atomic mass is 14.8. The Morgan fingerprint density at radius 2 is 1.47 bits per heavy atom. The minimum Gasteiger partial charge on any atom is -0.327 e. The number of hydrogen-bond donors (Lipinski definition) is 1. The van der Waals surface area contributed by atoms with Crippen molar-refractivity contribution in [1.82, 2.24) is 0 Å². The molecule has 17 heavy (non-hydrogen) atoms. The first-order valence-electron chi connectivity index (χ1n) is 6.16. The van der Waals surface area contributed by atoms with Crippen LogP contribution in [0.25, 0.3) is 0 Å². The molecular weight excluding hydrogens is 206 g/mol. The molecule has 0 aliphatic heterocycles. The average molecular weight is 223 g/mol. The van der Waals surface area contributed by atoms with E-state index >= 15 is 0 Å². The van der Waals surface area contributed by atoms with Gasteiger partial charge in [0.15, 0.2) is 0 Å². The van der Waals surface area contributed by atoms with E-state index in [1.54, 1.807) is 0 Å². The summed E-state index contributed by atoms with van der Waals surface area (Å²) in [5.41, 5.74) is 9.13. The van der Waals surface area contributed by atoms with Crippen LogP contribution in [0, 0.1) is 0 Å². The smallest absolute Gasteiger partial charge is 0.0160 e. The zero-order chi connectivity index (χ0) is 11.7. The SMILES string of the molecule is NC1CC1(Cc1ccccc1)c1ccccc1. The van der Waals surface area contributed by atoms with Crippen molar-refractivity contribution in [3.05, 3.63) is 71.8 Å². The fraction of sp³-hybridized carbons (Fsp3) is 0.250. The first-order valence-corrected chi connectivity index (χ1v) is 6.16. The molecule has 2 aromatic rings. The predicted molar refractivity (Wildman–Crippen MR) is 70.9 cm³/mol. The lowest BCUT2D eigenvalue weighted by atomic mass is 9.88. The zero-order valence-electron chi connectivity index (χ0n) is 9.84. The first-order chi connectivity index (χ1) is 8.31. The highest BCUT2D eigenvalue weighted by Gasteiger charge is 2.52. The number of nitrogens with two attached hydrogens (primary N) is 1. The standard InChI is InChI=1S/C16H17N/c17-15-12-16(15,14-9-5-2-6-10-14)11-13-7-3-1-4-8-13/h1-10,15H,11-12,17H2. The largest absolute Gasteiger partial charge is 0.327 e. The fourth-order valence-corrected chi connectivity index (χ4v) is 2.70. The Labute approximate surface area is 102 Å². The molecule has 2 N–H and O–H groups in total. The van der Waals surface area contributed by atoms with Crippen molar-refractivity contribution < 1.29 is 0 Å². The van der Waals surface area contributed by atoms with Crippen LogP contribution in [0.1, 0.15) is 17.5 Å². The van der Waals surface area contributed by atoms with Crippen molar-refractivity contribution in [3.63, 3.8) is 0 Å². The Bertz CT molecular complexity index is 491. The fourth-order valence-electron chi connectivity index (χ4n) is 2.70. The number of hydrogen-bond acceptors (Lipinski definition) is 1. The van der Waals surface area contributed by atoms with E-state index in [-0.39, 0.29) is 5.41 Å². The Hall–Kier alpha value is -1.60. The van der Waals surface area contributed by atoms with Crippen LogP contribution in [0.2, 0.25) is 0 Å². The third kappa shape index (κ3) is 1.87. The molecule has 1 aliphatic carbocycles. The second-order valence-corrected chi connectivity index (χ2v) is 5.00. The molecule has 0 radical (unpaired) electrons. The van der Waals surface area contributed by atoms with E-state index in [1.165, 1.54) is 11.1 Å². The lowest BCUT2D eigenvalue weighted by molar-refractivity contribution is 0.655. The van der Waals surface area contributed by atoms with Gasteiger partial charge in [0, 0.05) is 11.5 Å². The maximum absolute atomic E-state index is 6.18. The quantitative estimate of drug-likeness (QED) is 0.850. The number of rotatable bonds is 3. The Kier molecular flexibility index (Phi) is 2.49. The summed E-state index contributed by atoms with van der Waals surface area (Å²) in [6, 6.07) is 21.6. The summed E-state index contributed by atoms with van der Waals surface area (Å²) in [7, 11) is 0. The minimum atomic E-state index is 0.183. The molecule has 1 fully saturated rings. The van der Waals surface area contributed by atoms with Gasteiger partial charge in [-0.25, -0.2) is 0 Å². The summed E-state index contributed by atoms with van der Waals surface area (Å²) >= 11 is 0. The van der Waals surface area contributed by atoms with E-state index in [9.17, 15) is 0 Å². The summed E-state index contributed by atoms with van der Waals surface area (Å²) in [6.45, 7) is 0. The lowest BCUT2D eigenvalue weighted by Crippen LogP contribution is -2.21. The van der Waals surface area contributed by atoms with Crippen molar-refractivity contribution in [2.45, 2.75) is 24.3 Å². The molecule has 86 valence electrons. The average Bonchev–Trinajstić information content (AvgIpc) is 3.03. The van der Waals surface area contributed by atoms with Gasteiger partial charge in [0.1, 0.15) is 0 Å². The predicted octanol–water partition coefficient (Wildman–Crippen LogP) is 2.90. The van der Waals surface area contributed by atoms with Crippen LogP contribution >= 0.6 is 0 Å². The lowest BCUT2D eigenvalue weighted by Gasteiger charge is -2.17. The van der Waals surface area contributed by atoms with Gasteiger partial charge >= 0.3 is 0 Å². The zero-order valence-corrected chi connectivity index (χ0v) is 9.84. The monoisotopic (exact) mass is 223 g/mol. The molecule has 1 saturated carbocycles. The van der Waals surface area contributed by atoms with Crippen LogP contribution in [-0.2, 0) is 11.8 Å². The van der Waals surface area contributed by atoms with Gasteiger partial charge in [-0.3, -0.25) is 0 Å². The first kappa shape index (κ1) is 10.5. The van der Waals surface area contributed by atoms with Crippen molar-refractivity contribution in [2.75, 3.05) is 0 Å². The van der Waals surface area contributed by atoms with Crippen molar-refractivity contribution in [1.29, 1.82) is 0 Å². The maximum Gasteiger partial charge on any atom is 0.0160 e. The Morgan fingerprint density at radius 3 is 2.00 bits per heavy atom. The van der Waals surface area contributed by atoms with Gasteiger partial charge in [0.05, 0.1) is 0 Å². The molecule has 2 aromatic carbocycles. The van der Waals surface area contributed by atoms with Crippen LogP contribution in [-0.4, -0.2) is 6.04 Å². The highest BCUT2D eigenvalue weighted by Crippen LogP contribution is 2.49. The van der Waals surface area contributed by atoms with E-state index < -0.39 is 0 Å². The summed E-state index contributed by atoms with van der Waals surface area (Å²) < 4.78 is 0. The van der Waals surface area contributed by atoms with Crippen LogP contribution in [0.4, 0.5) is 0 Å². The molecule has 2 atom stereocenters. The van der Waals surface area contributed by atoms with E-state index in [0.717, 1.165) is 12.8 Å². The molecule has 0 spiro atoms. The normalized spacial score (nSPS) is 26.8. The molecule has 2 unspecified atom stereocenters. The molecule has 1 aliphatic rings. The van der Waals surface area contributed by atoms with Crippen LogP contribution < -0.4 is 5.73 Å². The number of benzene rings is 2. The minimum absolute atomic E-state index is 0.183. The maximum atomic E-state index is 6.18. The summed E-state index contributed by atoms with van der Waals surface area (Å²) in [6.07, 6.45) is 2.16. The highest BCUT2D eigenvalue weighted by molar-refractivity contribution is 5.38. The molecule has 1 nitrogen and oxygen atoms in total. The van der Waals surface area contributed by atoms with Gasteiger partial charge < -0.3 is 5.73 Å². The third-order valence-electron chi connectivity index (χ3n) is 3.84. The third-order valence-corrected chi connectivity index (χ3v) is 3.84. The molecular formula is C16H17N. The summed E-state index contributed by atoms with van der Waals surface area (Å²) in [5, 5.41) is 0. The molecule has 0 amide bonds. The summed E-state index contributed by atoms with van der Waals surface area (Å²) in [5.74, 6) is 0. The van der Waals surface area contributed by atoms with Crippen LogP contribution in [0.3, 0.4) is 0 Å². The van der Waals surface area contributed by atoms with Crippen molar-refractivity contribution in [2.24, 2.45) is 5.73 Å². The van der Waals surface area contributed by atoms with Gasteiger partial charge in [0.2, 0.25) is 0 Å². The van der Waals surface area contributed by atoms with Gasteiger partial charge in [0.25, 0.3) is 0 Å². The molecule has 0 bridgehead atoms.